The lowest BCUT2D eigenvalue weighted by Gasteiger charge is -2.19. The van der Waals surface area contributed by atoms with Crippen LogP contribution in [0.25, 0.3) is 11.0 Å². The van der Waals surface area contributed by atoms with Crippen LogP contribution >= 0.6 is 11.6 Å². The third-order valence-electron chi connectivity index (χ3n) is 4.20. The van der Waals surface area contributed by atoms with Crippen molar-refractivity contribution < 1.29 is 33.6 Å². The van der Waals surface area contributed by atoms with Crippen molar-refractivity contribution in [3.63, 3.8) is 0 Å². The first kappa shape index (κ1) is 21.8. The fourth-order valence-electron chi connectivity index (χ4n) is 2.93. The smallest absolute Gasteiger partial charge is 0.323 e. The molecule has 1 amide bonds. The second-order valence-corrected chi connectivity index (χ2v) is 6.87. The van der Waals surface area contributed by atoms with Gasteiger partial charge in [-0.05, 0) is 12.1 Å². The Morgan fingerprint density at radius 2 is 1.94 bits per heavy atom. The first-order chi connectivity index (χ1) is 14.7. The number of nitro groups is 1. The van der Waals surface area contributed by atoms with Crippen molar-refractivity contribution >= 4 is 46.1 Å². The first-order valence-corrected chi connectivity index (χ1v) is 9.18. The molecule has 3 aromatic rings. The molecule has 1 heterocycles. The number of furan rings is 1. The molecule has 0 saturated carbocycles. The minimum atomic E-state index is -1.30. The highest BCUT2D eigenvalue weighted by molar-refractivity contribution is 6.33. The van der Waals surface area contributed by atoms with Gasteiger partial charge in [0.25, 0.3) is 11.6 Å². The number of carboxylic acids is 1. The van der Waals surface area contributed by atoms with Crippen LogP contribution in [0.1, 0.15) is 23.0 Å². The van der Waals surface area contributed by atoms with E-state index >= 15 is 0 Å². The van der Waals surface area contributed by atoms with Crippen molar-refractivity contribution in [2.24, 2.45) is 0 Å². The summed E-state index contributed by atoms with van der Waals surface area (Å²) in [4.78, 5) is 47.0. The van der Waals surface area contributed by atoms with Gasteiger partial charge in [0.2, 0.25) is 0 Å². The van der Waals surface area contributed by atoms with Gasteiger partial charge in [-0.15, -0.1) is 0 Å². The molecule has 3 rings (SSSR count). The predicted octanol–water partition coefficient (Wildman–Crippen LogP) is 3.65. The maximum absolute atomic E-state index is 13.0. The van der Waals surface area contributed by atoms with Gasteiger partial charge >= 0.3 is 11.9 Å². The topological polar surface area (TPSA) is 140 Å². The Balaban J connectivity index is 1.96. The molecule has 1 N–H and O–H groups in total. The Labute approximate surface area is 179 Å². The summed E-state index contributed by atoms with van der Waals surface area (Å²) in [6, 6.07) is 9.83. The van der Waals surface area contributed by atoms with Gasteiger partial charge in [0.1, 0.15) is 12.1 Å². The van der Waals surface area contributed by atoms with Crippen molar-refractivity contribution in [3.8, 4) is 5.75 Å². The van der Waals surface area contributed by atoms with Gasteiger partial charge in [0, 0.05) is 30.0 Å². The number of fused-ring (bicyclic) bond motifs is 1. The Morgan fingerprint density at radius 3 is 2.58 bits per heavy atom. The Morgan fingerprint density at radius 1 is 1.23 bits per heavy atom. The highest BCUT2D eigenvalue weighted by Crippen LogP contribution is 2.32. The number of amides is 1. The first-order valence-electron chi connectivity index (χ1n) is 8.80. The number of rotatable bonds is 7. The molecule has 0 spiro atoms. The zero-order valence-electron chi connectivity index (χ0n) is 16.0. The molecule has 0 saturated heterocycles. The highest BCUT2D eigenvalue weighted by atomic mass is 35.5. The van der Waals surface area contributed by atoms with Gasteiger partial charge in [-0.1, -0.05) is 29.8 Å². The monoisotopic (exact) mass is 446 g/mol. The van der Waals surface area contributed by atoms with Gasteiger partial charge in [0.15, 0.2) is 11.5 Å². The van der Waals surface area contributed by atoms with Crippen molar-refractivity contribution in [2.75, 3.05) is 6.54 Å². The number of nitrogens with zero attached hydrogens (tertiary/aromatic N) is 2. The number of carboxylic acid groups (broad SMARTS) is 1. The lowest BCUT2D eigenvalue weighted by molar-refractivity contribution is -0.385. The summed E-state index contributed by atoms with van der Waals surface area (Å²) in [5, 5.41) is 21.0. The fraction of sp³-hybridized carbons (Fsp3) is 0.150. The van der Waals surface area contributed by atoms with Crippen LogP contribution in [0, 0.1) is 10.1 Å². The lowest BCUT2D eigenvalue weighted by atomic mass is 10.1. The summed E-state index contributed by atoms with van der Waals surface area (Å²) in [5.74, 6) is -2.85. The minimum Gasteiger partial charge on any atom is -0.480 e. The highest BCUT2D eigenvalue weighted by Gasteiger charge is 2.25. The average Bonchev–Trinajstić information content (AvgIpc) is 3.09. The molecule has 0 aliphatic rings. The molecule has 0 radical (unpaired) electrons. The number of nitro benzene ring substituents is 1. The summed E-state index contributed by atoms with van der Waals surface area (Å²) in [5.41, 5.74) is 0.108. The Bertz CT molecular complexity index is 1200. The second kappa shape index (κ2) is 8.84. The molecule has 0 unspecified atom stereocenters. The van der Waals surface area contributed by atoms with Crippen molar-refractivity contribution in [3.05, 3.63) is 68.9 Å². The molecule has 160 valence electrons. The van der Waals surface area contributed by atoms with Gasteiger partial charge in [0.05, 0.1) is 16.5 Å². The van der Waals surface area contributed by atoms with Gasteiger partial charge < -0.3 is 19.2 Å². The molecular formula is C20H15ClN2O8. The van der Waals surface area contributed by atoms with Gasteiger partial charge in [-0.25, -0.2) is 0 Å². The largest absolute Gasteiger partial charge is 0.480 e. The van der Waals surface area contributed by atoms with E-state index in [2.05, 4.69) is 0 Å². The molecule has 0 bridgehead atoms. The van der Waals surface area contributed by atoms with Gasteiger partial charge in [-0.3, -0.25) is 24.5 Å². The number of ether oxygens (including phenoxy) is 1. The molecule has 10 nitrogen and oxygen atoms in total. The number of aliphatic carboxylic acids is 1. The molecular weight excluding hydrogens is 432 g/mol. The SMILES string of the molecule is CC(=O)Oc1cc2oc(C(=O)N(CC(=O)O)Cc3ccccc3[N+](=O)[O-])cc2cc1Cl. The summed E-state index contributed by atoms with van der Waals surface area (Å²) >= 11 is 6.07. The number of benzene rings is 2. The van der Waals surface area contributed by atoms with E-state index in [4.69, 9.17) is 20.8 Å². The molecule has 2 aromatic carbocycles. The standard InChI is InChI=1S/C20H15ClN2O8/c1-11(24)30-17-8-16-13(6-14(17)21)7-18(31-16)20(27)22(10-19(25)26)9-12-4-2-3-5-15(12)23(28)29/h2-8H,9-10H2,1H3,(H,25,26). The number of halogens is 1. The molecule has 0 aliphatic carbocycles. The van der Waals surface area contributed by atoms with Crippen LogP contribution in [-0.4, -0.2) is 39.3 Å². The van der Waals surface area contributed by atoms with Crippen molar-refractivity contribution in [1.82, 2.24) is 4.90 Å². The maximum Gasteiger partial charge on any atom is 0.323 e. The van der Waals surface area contributed by atoms with Crippen LogP contribution in [0.2, 0.25) is 5.02 Å². The number of esters is 1. The van der Waals surface area contributed by atoms with Crippen LogP contribution in [0.3, 0.4) is 0 Å². The number of hydrogen-bond acceptors (Lipinski definition) is 7. The Kier molecular flexibility index (Phi) is 6.21. The third kappa shape index (κ3) is 4.98. The average molecular weight is 447 g/mol. The van der Waals surface area contributed by atoms with E-state index in [1.165, 1.54) is 43.3 Å². The summed E-state index contributed by atoms with van der Waals surface area (Å²) in [6.45, 7) is 0.171. The molecule has 0 atom stereocenters. The Hall–Kier alpha value is -3.92. The van der Waals surface area contributed by atoms with Crippen LogP contribution in [-0.2, 0) is 16.1 Å². The van der Waals surface area contributed by atoms with Crippen LogP contribution in [0.15, 0.2) is 46.9 Å². The van der Waals surface area contributed by atoms with E-state index < -0.39 is 29.3 Å². The fourth-order valence-corrected chi connectivity index (χ4v) is 3.14. The quantitative estimate of drug-likeness (QED) is 0.251. The number of hydrogen-bond donors (Lipinski definition) is 1. The summed E-state index contributed by atoms with van der Waals surface area (Å²) in [7, 11) is 0. The van der Waals surface area contributed by atoms with E-state index in [1.807, 2.05) is 0 Å². The summed E-state index contributed by atoms with van der Waals surface area (Å²) in [6.07, 6.45) is 0. The number of para-hydroxylation sites is 1. The van der Waals surface area contributed by atoms with Crippen molar-refractivity contribution in [2.45, 2.75) is 13.5 Å². The predicted molar refractivity (Wildman–Crippen MR) is 108 cm³/mol. The second-order valence-electron chi connectivity index (χ2n) is 6.47. The van der Waals surface area contributed by atoms with Gasteiger partial charge in [-0.2, -0.15) is 0 Å². The lowest BCUT2D eigenvalue weighted by Crippen LogP contribution is -2.35. The van der Waals surface area contributed by atoms with E-state index in [1.54, 1.807) is 6.07 Å². The maximum atomic E-state index is 13.0. The van der Waals surface area contributed by atoms with Crippen LogP contribution in [0.5, 0.6) is 5.75 Å². The molecule has 11 heteroatoms. The number of carbonyl (C=O) groups excluding carboxylic acids is 2. The molecule has 0 aliphatic heterocycles. The number of carbonyl (C=O) groups is 3. The minimum absolute atomic E-state index is 0.0392. The van der Waals surface area contributed by atoms with Crippen LogP contribution < -0.4 is 4.74 Å². The van der Waals surface area contributed by atoms with Crippen LogP contribution in [0.4, 0.5) is 5.69 Å². The molecule has 0 fully saturated rings. The van der Waals surface area contributed by atoms with E-state index in [0.717, 1.165) is 4.90 Å². The zero-order valence-corrected chi connectivity index (χ0v) is 16.8. The van der Waals surface area contributed by atoms with Crippen molar-refractivity contribution in [1.29, 1.82) is 0 Å². The van der Waals surface area contributed by atoms with E-state index in [-0.39, 0.29) is 39.9 Å². The normalized spacial score (nSPS) is 10.6. The zero-order chi connectivity index (χ0) is 22.7. The molecule has 31 heavy (non-hydrogen) atoms. The van der Waals surface area contributed by atoms with E-state index in [0.29, 0.717) is 5.39 Å². The van der Waals surface area contributed by atoms with E-state index in [9.17, 15) is 29.6 Å². The summed E-state index contributed by atoms with van der Waals surface area (Å²) < 4.78 is 10.5. The molecule has 1 aromatic heterocycles. The third-order valence-corrected chi connectivity index (χ3v) is 4.49.